The fraction of sp³-hybridized carbons (Fsp3) is 0.917. The van der Waals surface area contributed by atoms with Crippen LogP contribution in [0.1, 0.15) is 40.0 Å². The summed E-state index contributed by atoms with van der Waals surface area (Å²) in [5.41, 5.74) is 0.226. The number of carbonyl (C=O) groups is 1. The predicted octanol–water partition coefficient (Wildman–Crippen LogP) is 1.54. The molecule has 1 atom stereocenters. The molecule has 0 bridgehead atoms. The number of hydrogen-bond donors (Lipinski definition) is 2. The fourth-order valence-electron chi connectivity index (χ4n) is 1.69. The molecule has 1 heterocycles. The molecule has 0 radical (unpaired) electrons. The molecule has 1 amide bonds. The van der Waals surface area contributed by atoms with E-state index in [4.69, 9.17) is 0 Å². The average molecular weight is 212 g/mol. The Hall–Kier alpha value is -0.570. The lowest BCUT2D eigenvalue weighted by molar-refractivity contribution is -0.122. The highest BCUT2D eigenvalue weighted by Crippen LogP contribution is 2.18. The van der Waals surface area contributed by atoms with Crippen molar-refractivity contribution in [3.63, 3.8) is 0 Å². The van der Waals surface area contributed by atoms with Crippen LogP contribution in [-0.2, 0) is 4.79 Å². The monoisotopic (exact) mass is 212 g/mol. The molecule has 3 heteroatoms. The van der Waals surface area contributed by atoms with Gasteiger partial charge in [0.2, 0.25) is 5.91 Å². The molecule has 1 saturated heterocycles. The van der Waals surface area contributed by atoms with Crippen LogP contribution in [0.3, 0.4) is 0 Å². The first-order valence-corrected chi connectivity index (χ1v) is 6.01. The quantitative estimate of drug-likeness (QED) is 0.726. The maximum absolute atomic E-state index is 11.6. The Labute approximate surface area is 93.0 Å². The van der Waals surface area contributed by atoms with Gasteiger partial charge in [0.1, 0.15) is 0 Å². The van der Waals surface area contributed by atoms with E-state index in [2.05, 4.69) is 31.4 Å². The van der Waals surface area contributed by atoms with Crippen molar-refractivity contribution in [2.24, 2.45) is 11.3 Å². The van der Waals surface area contributed by atoms with Crippen LogP contribution in [-0.4, -0.2) is 25.5 Å². The third kappa shape index (κ3) is 4.65. The third-order valence-electron chi connectivity index (χ3n) is 3.36. The Morgan fingerprint density at radius 1 is 1.53 bits per heavy atom. The van der Waals surface area contributed by atoms with Crippen molar-refractivity contribution in [1.29, 1.82) is 0 Å². The van der Waals surface area contributed by atoms with Gasteiger partial charge in [0.15, 0.2) is 0 Å². The van der Waals surface area contributed by atoms with Crippen LogP contribution in [0.4, 0.5) is 0 Å². The SMILES string of the molecule is CCC(C)(C)CNC(=O)CC1CCNC1. The zero-order valence-electron chi connectivity index (χ0n) is 10.2. The maximum atomic E-state index is 11.6. The summed E-state index contributed by atoms with van der Waals surface area (Å²) in [4.78, 5) is 11.6. The Kier molecular flexibility index (Phi) is 4.58. The van der Waals surface area contributed by atoms with E-state index in [1.165, 1.54) is 0 Å². The fourth-order valence-corrected chi connectivity index (χ4v) is 1.69. The smallest absolute Gasteiger partial charge is 0.220 e. The Morgan fingerprint density at radius 3 is 2.80 bits per heavy atom. The van der Waals surface area contributed by atoms with Crippen LogP contribution in [0.2, 0.25) is 0 Å². The van der Waals surface area contributed by atoms with Crippen LogP contribution in [0.25, 0.3) is 0 Å². The van der Waals surface area contributed by atoms with Gasteiger partial charge in [-0.05, 0) is 37.3 Å². The summed E-state index contributed by atoms with van der Waals surface area (Å²) < 4.78 is 0. The van der Waals surface area contributed by atoms with Crippen LogP contribution < -0.4 is 10.6 Å². The van der Waals surface area contributed by atoms with E-state index in [1.54, 1.807) is 0 Å². The van der Waals surface area contributed by atoms with Crippen molar-refractivity contribution in [1.82, 2.24) is 10.6 Å². The second kappa shape index (κ2) is 5.50. The molecule has 1 rings (SSSR count). The van der Waals surface area contributed by atoms with E-state index in [9.17, 15) is 4.79 Å². The van der Waals surface area contributed by atoms with Gasteiger partial charge in [-0.3, -0.25) is 4.79 Å². The van der Waals surface area contributed by atoms with E-state index >= 15 is 0 Å². The van der Waals surface area contributed by atoms with Crippen LogP contribution in [0, 0.1) is 11.3 Å². The van der Waals surface area contributed by atoms with E-state index < -0.39 is 0 Å². The zero-order valence-corrected chi connectivity index (χ0v) is 10.2. The Balaban J connectivity index is 2.18. The van der Waals surface area contributed by atoms with Gasteiger partial charge < -0.3 is 10.6 Å². The van der Waals surface area contributed by atoms with E-state index in [0.29, 0.717) is 12.3 Å². The van der Waals surface area contributed by atoms with Crippen LogP contribution >= 0.6 is 0 Å². The van der Waals surface area contributed by atoms with Gasteiger partial charge in [0, 0.05) is 13.0 Å². The van der Waals surface area contributed by atoms with Crippen molar-refractivity contribution in [2.45, 2.75) is 40.0 Å². The molecule has 1 aliphatic rings. The summed E-state index contributed by atoms with van der Waals surface area (Å²) >= 11 is 0. The van der Waals surface area contributed by atoms with Crippen LogP contribution in [0.5, 0.6) is 0 Å². The highest BCUT2D eigenvalue weighted by molar-refractivity contribution is 5.76. The first-order valence-electron chi connectivity index (χ1n) is 6.01. The molecule has 88 valence electrons. The molecule has 2 N–H and O–H groups in total. The minimum atomic E-state index is 0.213. The highest BCUT2D eigenvalue weighted by atomic mass is 16.1. The van der Waals surface area contributed by atoms with Crippen molar-refractivity contribution in [3.05, 3.63) is 0 Å². The molecule has 0 aromatic rings. The Bertz CT molecular complexity index is 208. The lowest BCUT2D eigenvalue weighted by Crippen LogP contribution is -2.34. The van der Waals surface area contributed by atoms with Gasteiger partial charge in [0.25, 0.3) is 0 Å². The molecule has 0 aliphatic carbocycles. The zero-order chi connectivity index (χ0) is 11.3. The first-order chi connectivity index (χ1) is 7.03. The number of hydrogen-bond acceptors (Lipinski definition) is 2. The summed E-state index contributed by atoms with van der Waals surface area (Å²) in [5.74, 6) is 0.764. The summed E-state index contributed by atoms with van der Waals surface area (Å²) in [5, 5.41) is 6.32. The van der Waals surface area contributed by atoms with Gasteiger partial charge in [-0.15, -0.1) is 0 Å². The topological polar surface area (TPSA) is 41.1 Å². The van der Waals surface area contributed by atoms with Crippen molar-refractivity contribution < 1.29 is 4.79 Å². The number of carbonyl (C=O) groups excluding carboxylic acids is 1. The maximum Gasteiger partial charge on any atom is 0.220 e. The van der Waals surface area contributed by atoms with E-state index in [1.807, 2.05) is 0 Å². The standard InChI is InChI=1S/C12H24N2O/c1-4-12(2,3)9-14-11(15)7-10-5-6-13-8-10/h10,13H,4-9H2,1-3H3,(H,14,15). The lowest BCUT2D eigenvalue weighted by Gasteiger charge is -2.23. The lowest BCUT2D eigenvalue weighted by atomic mass is 9.90. The predicted molar refractivity (Wildman–Crippen MR) is 62.7 cm³/mol. The number of nitrogens with one attached hydrogen (secondary N) is 2. The third-order valence-corrected chi connectivity index (χ3v) is 3.36. The van der Waals surface area contributed by atoms with E-state index in [0.717, 1.165) is 32.5 Å². The Morgan fingerprint density at radius 2 is 2.27 bits per heavy atom. The molecule has 0 aromatic carbocycles. The van der Waals surface area contributed by atoms with Crippen molar-refractivity contribution in [2.75, 3.05) is 19.6 Å². The number of rotatable bonds is 5. The summed E-state index contributed by atoms with van der Waals surface area (Å²) in [6.07, 6.45) is 2.93. The second-order valence-corrected chi connectivity index (χ2v) is 5.36. The summed E-state index contributed by atoms with van der Waals surface area (Å²) in [6.45, 7) is 9.40. The molecule has 1 fully saturated rings. The second-order valence-electron chi connectivity index (χ2n) is 5.36. The van der Waals surface area contributed by atoms with Crippen molar-refractivity contribution in [3.8, 4) is 0 Å². The first kappa shape index (κ1) is 12.5. The minimum absolute atomic E-state index is 0.213. The largest absolute Gasteiger partial charge is 0.356 e. The number of amides is 1. The molecule has 0 saturated carbocycles. The summed E-state index contributed by atoms with van der Waals surface area (Å²) in [6, 6.07) is 0. The van der Waals surface area contributed by atoms with Crippen molar-refractivity contribution >= 4 is 5.91 Å². The van der Waals surface area contributed by atoms with Gasteiger partial charge >= 0.3 is 0 Å². The molecule has 0 aromatic heterocycles. The molecule has 15 heavy (non-hydrogen) atoms. The summed E-state index contributed by atoms with van der Waals surface area (Å²) in [7, 11) is 0. The molecular weight excluding hydrogens is 188 g/mol. The molecule has 1 aliphatic heterocycles. The molecule has 1 unspecified atom stereocenters. The average Bonchev–Trinajstić information content (AvgIpc) is 2.68. The van der Waals surface area contributed by atoms with E-state index in [-0.39, 0.29) is 11.3 Å². The van der Waals surface area contributed by atoms with Crippen LogP contribution in [0.15, 0.2) is 0 Å². The molecule has 0 spiro atoms. The molecular formula is C12H24N2O. The van der Waals surface area contributed by atoms with Gasteiger partial charge in [-0.25, -0.2) is 0 Å². The highest BCUT2D eigenvalue weighted by Gasteiger charge is 2.20. The minimum Gasteiger partial charge on any atom is -0.356 e. The van der Waals surface area contributed by atoms with Gasteiger partial charge in [-0.1, -0.05) is 20.8 Å². The van der Waals surface area contributed by atoms with Gasteiger partial charge in [-0.2, -0.15) is 0 Å². The van der Waals surface area contributed by atoms with Gasteiger partial charge in [0.05, 0.1) is 0 Å². The normalized spacial score (nSPS) is 21.7. The molecule has 3 nitrogen and oxygen atoms in total.